The number of fused-ring (bicyclic) bond motifs is 1. The largest absolute Gasteiger partial charge is 0.366 e. The van der Waals surface area contributed by atoms with Gasteiger partial charge < -0.3 is 11.1 Å². The molecular formula is C20H24ClN3O3S. The van der Waals surface area contributed by atoms with Gasteiger partial charge in [-0.2, -0.15) is 4.31 Å². The highest BCUT2D eigenvalue weighted by Crippen LogP contribution is 2.46. The number of primary amides is 1. The van der Waals surface area contributed by atoms with E-state index >= 15 is 0 Å². The van der Waals surface area contributed by atoms with E-state index in [0.717, 1.165) is 24.2 Å². The van der Waals surface area contributed by atoms with Crippen LogP contribution in [-0.4, -0.2) is 38.3 Å². The van der Waals surface area contributed by atoms with Gasteiger partial charge in [-0.3, -0.25) is 4.79 Å². The molecule has 3 N–H and O–H groups in total. The quantitative estimate of drug-likeness (QED) is 0.790. The number of nitrogens with two attached hydrogens (primary N) is 1. The van der Waals surface area contributed by atoms with Crippen LogP contribution in [0.2, 0.25) is 0 Å². The van der Waals surface area contributed by atoms with E-state index in [0.29, 0.717) is 18.0 Å². The Morgan fingerprint density at radius 2 is 1.79 bits per heavy atom. The smallest absolute Gasteiger partial charge is 0.248 e. The fourth-order valence-corrected chi connectivity index (χ4v) is 6.07. The highest BCUT2D eigenvalue weighted by atomic mass is 35.5. The van der Waals surface area contributed by atoms with Crippen LogP contribution in [0.25, 0.3) is 0 Å². The third kappa shape index (κ3) is 3.43. The molecular weight excluding hydrogens is 398 g/mol. The number of sulfonamides is 1. The molecule has 0 aromatic heterocycles. The summed E-state index contributed by atoms with van der Waals surface area (Å²) >= 11 is 0. The molecule has 28 heavy (non-hydrogen) atoms. The summed E-state index contributed by atoms with van der Waals surface area (Å²) in [6.07, 6.45) is 0. The normalized spacial score (nSPS) is 24.5. The van der Waals surface area contributed by atoms with Crippen molar-refractivity contribution in [3.05, 3.63) is 65.2 Å². The maximum absolute atomic E-state index is 13.4. The molecule has 150 valence electrons. The maximum atomic E-state index is 13.4. The number of aryl methyl sites for hydroxylation is 1. The van der Waals surface area contributed by atoms with Gasteiger partial charge in [-0.15, -0.1) is 12.4 Å². The van der Waals surface area contributed by atoms with Crippen LogP contribution in [0, 0.1) is 18.8 Å². The summed E-state index contributed by atoms with van der Waals surface area (Å²) in [6.45, 7) is 4.17. The highest BCUT2D eigenvalue weighted by molar-refractivity contribution is 7.89. The average molecular weight is 422 g/mol. The lowest BCUT2D eigenvalue weighted by molar-refractivity contribution is 0.1000. The number of amides is 1. The van der Waals surface area contributed by atoms with Gasteiger partial charge in [-0.25, -0.2) is 8.42 Å². The molecule has 2 fully saturated rings. The molecule has 6 nitrogen and oxygen atoms in total. The molecule has 2 aliphatic heterocycles. The average Bonchev–Trinajstić information content (AvgIpc) is 3.24. The van der Waals surface area contributed by atoms with Gasteiger partial charge in [-0.05, 0) is 60.7 Å². The van der Waals surface area contributed by atoms with Crippen LogP contribution in [0.4, 0.5) is 0 Å². The monoisotopic (exact) mass is 421 g/mol. The van der Waals surface area contributed by atoms with Gasteiger partial charge in [-0.1, -0.05) is 24.3 Å². The molecule has 0 bridgehead atoms. The minimum absolute atomic E-state index is 0. The molecule has 2 saturated heterocycles. The van der Waals surface area contributed by atoms with E-state index in [1.807, 2.05) is 31.2 Å². The van der Waals surface area contributed by atoms with Crippen molar-refractivity contribution in [2.24, 2.45) is 17.6 Å². The molecule has 2 aromatic rings. The number of carbonyl (C=O) groups excluding carboxylic acids is 1. The molecule has 0 unspecified atom stereocenters. The van der Waals surface area contributed by atoms with Crippen LogP contribution in [0.3, 0.4) is 0 Å². The van der Waals surface area contributed by atoms with Crippen molar-refractivity contribution in [2.45, 2.75) is 17.9 Å². The molecule has 0 saturated carbocycles. The molecule has 1 amide bonds. The van der Waals surface area contributed by atoms with Crippen molar-refractivity contribution < 1.29 is 13.2 Å². The number of nitrogens with one attached hydrogen (secondary N) is 1. The molecule has 2 heterocycles. The van der Waals surface area contributed by atoms with E-state index in [9.17, 15) is 13.2 Å². The van der Waals surface area contributed by atoms with Gasteiger partial charge in [0.05, 0.1) is 10.9 Å². The summed E-state index contributed by atoms with van der Waals surface area (Å²) in [5, 5.41) is 3.40. The van der Waals surface area contributed by atoms with E-state index in [4.69, 9.17) is 5.73 Å². The summed E-state index contributed by atoms with van der Waals surface area (Å²) in [5.41, 5.74) is 7.72. The van der Waals surface area contributed by atoms with Crippen LogP contribution < -0.4 is 11.1 Å². The summed E-state index contributed by atoms with van der Waals surface area (Å²) in [6, 6.07) is 13.7. The SMILES string of the molecule is Cc1ccccc1[C@@H]1[C@H]2CNC[C@H]2CN1S(=O)(=O)c1ccc(C(N)=O)cc1.Cl. The Morgan fingerprint density at radius 3 is 2.43 bits per heavy atom. The molecule has 3 atom stereocenters. The number of nitrogens with zero attached hydrogens (tertiary/aromatic N) is 1. The second-order valence-electron chi connectivity index (χ2n) is 7.35. The first-order valence-corrected chi connectivity index (χ1v) is 10.5. The molecule has 0 spiro atoms. The van der Waals surface area contributed by atoms with Gasteiger partial charge in [0.1, 0.15) is 0 Å². The van der Waals surface area contributed by atoms with E-state index in [-0.39, 0.29) is 29.3 Å². The highest BCUT2D eigenvalue weighted by Gasteiger charge is 2.49. The fraction of sp³-hybridized carbons (Fsp3) is 0.350. The number of rotatable bonds is 4. The minimum Gasteiger partial charge on any atom is -0.366 e. The predicted molar refractivity (Wildman–Crippen MR) is 110 cm³/mol. The Hall–Kier alpha value is -1.93. The van der Waals surface area contributed by atoms with Crippen LogP contribution in [0.5, 0.6) is 0 Å². The minimum atomic E-state index is -3.68. The summed E-state index contributed by atoms with van der Waals surface area (Å²) < 4.78 is 28.5. The van der Waals surface area contributed by atoms with Gasteiger partial charge in [0.2, 0.25) is 15.9 Å². The van der Waals surface area contributed by atoms with Gasteiger partial charge in [0.15, 0.2) is 0 Å². The molecule has 2 aliphatic rings. The summed E-state index contributed by atoms with van der Waals surface area (Å²) in [5.74, 6) is -0.0152. The van der Waals surface area contributed by atoms with Crippen LogP contribution in [-0.2, 0) is 10.0 Å². The fourth-order valence-electron chi connectivity index (χ4n) is 4.36. The Kier molecular flexibility index (Phi) is 5.82. The predicted octanol–water partition coefficient (Wildman–Crippen LogP) is 2.10. The van der Waals surface area contributed by atoms with E-state index in [1.165, 1.54) is 24.3 Å². The van der Waals surface area contributed by atoms with E-state index in [2.05, 4.69) is 5.32 Å². The Balaban J connectivity index is 0.00000225. The van der Waals surface area contributed by atoms with Crippen molar-refractivity contribution in [3.63, 3.8) is 0 Å². The van der Waals surface area contributed by atoms with E-state index < -0.39 is 15.9 Å². The number of carbonyl (C=O) groups is 1. The molecule has 0 radical (unpaired) electrons. The topological polar surface area (TPSA) is 92.5 Å². The zero-order valence-electron chi connectivity index (χ0n) is 15.5. The van der Waals surface area contributed by atoms with Gasteiger partial charge in [0, 0.05) is 18.7 Å². The molecule has 4 rings (SSSR count). The molecule has 8 heteroatoms. The first kappa shape index (κ1) is 20.8. The maximum Gasteiger partial charge on any atom is 0.248 e. The second kappa shape index (κ2) is 7.83. The third-order valence-electron chi connectivity index (χ3n) is 5.77. The van der Waals surface area contributed by atoms with Crippen LogP contribution in [0.1, 0.15) is 27.5 Å². The lowest BCUT2D eigenvalue weighted by Gasteiger charge is -2.29. The molecule has 2 aromatic carbocycles. The Bertz CT molecular complexity index is 978. The number of hydrogen-bond donors (Lipinski definition) is 2. The zero-order valence-corrected chi connectivity index (χ0v) is 17.2. The van der Waals surface area contributed by atoms with Gasteiger partial charge in [0.25, 0.3) is 0 Å². The van der Waals surface area contributed by atoms with Gasteiger partial charge >= 0.3 is 0 Å². The number of benzene rings is 2. The lowest BCUT2D eigenvalue weighted by atomic mass is 9.88. The van der Waals surface area contributed by atoms with Crippen molar-refractivity contribution >= 4 is 28.3 Å². The Labute approximate surface area is 171 Å². The second-order valence-corrected chi connectivity index (χ2v) is 9.24. The van der Waals surface area contributed by atoms with Crippen LogP contribution in [0.15, 0.2) is 53.4 Å². The lowest BCUT2D eigenvalue weighted by Crippen LogP contribution is -2.35. The first-order valence-electron chi connectivity index (χ1n) is 9.07. The van der Waals surface area contributed by atoms with Crippen LogP contribution >= 0.6 is 12.4 Å². The van der Waals surface area contributed by atoms with Crippen molar-refractivity contribution in [1.82, 2.24) is 9.62 Å². The summed E-state index contributed by atoms with van der Waals surface area (Å²) in [7, 11) is -3.68. The van der Waals surface area contributed by atoms with E-state index in [1.54, 1.807) is 4.31 Å². The van der Waals surface area contributed by atoms with Crippen molar-refractivity contribution in [1.29, 1.82) is 0 Å². The number of hydrogen-bond acceptors (Lipinski definition) is 4. The molecule has 0 aliphatic carbocycles. The Morgan fingerprint density at radius 1 is 1.11 bits per heavy atom. The van der Waals surface area contributed by atoms with Crippen molar-refractivity contribution in [3.8, 4) is 0 Å². The first-order chi connectivity index (χ1) is 12.9. The number of halogens is 1. The third-order valence-corrected chi connectivity index (χ3v) is 7.64. The zero-order chi connectivity index (χ0) is 19.2. The summed E-state index contributed by atoms with van der Waals surface area (Å²) in [4.78, 5) is 11.5. The van der Waals surface area contributed by atoms with Crippen molar-refractivity contribution in [2.75, 3.05) is 19.6 Å². The standard InChI is InChI=1S/C20H23N3O3S.ClH/c1-13-4-2-3-5-17(13)19-18-11-22-10-15(18)12-23(19)27(25,26)16-8-6-14(7-9-16)20(21)24;/h2-9,15,18-19,22H,10-12H2,1H3,(H2,21,24);1H/t15-,18-,19+;/m0./s1.